The summed E-state index contributed by atoms with van der Waals surface area (Å²) < 4.78 is 0. The second-order valence-corrected chi connectivity index (χ2v) is 8.53. The Morgan fingerprint density at radius 1 is 0.800 bits per heavy atom. The van der Waals surface area contributed by atoms with Crippen molar-refractivity contribution < 1.29 is 14.5 Å². The number of rotatable bonds is 8. The first-order valence-corrected chi connectivity index (χ1v) is 11.7. The highest BCUT2D eigenvalue weighted by atomic mass is 32.2. The van der Waals surface area contributed by atoms with Crippen molar-refractivity contribution in [3.05, 3.63) is 125 Å². The number of nitro benzene ring substituents is 1. The summed E-state index contributed by atoms with van der Waals surface area (Å²) in [5.74, 6) is -0.351. The van der Waals surface area contributed by atoms with Crippen molar-refractivity contribution in [1.29, 1.82) is 0 Å². The predicted octanol–water partition coefficient (Wildman–Crippen LogP) is 6.30. The van der Waals surface area contributed by atoms with E-state index in [1.54, 1.807) is 23.1 Å². The van der Waals surface area contributed by atoms with Crippen LogP contribution in [0.5, 0.6) is 0 Å². The maximum atomic E-state index is 13.2. The molecule has 8 heteroatoms. The molecule has 4 rings (SSSR count). The third kappa shape index (κ3) is 6.13. The maximum Gasteiger partial charge on any atom is 0.270 e. The van der Waals surface area contributed by atoms with Gasteiger partial charge in [0.2, 0.25) is 5.91 Å². The van der Waals surface area contributed by atoms with Crippen molar-refractivity contribution in [3.8, 4) is 0 Å². The van der Waals surface area contributed by atoms with Gasteiger partial charge in [-0.2, -0.15) is 0 Å². The van der Waals surface area contributed by atoms with Crippen LogP contribution < -0.4 is 10.2 Å². The van der Waals surface area contributed by atoms with Crippen LogP contribution in [0.4, 0.5) is 22.7 Å². The number of carbonyl (C=O) groups excluding carboxylic acids is 2. The lowest BCUT2D eigenvalue weighted by atomic mass is 10.2. The molecule has 0 atom stereocenters. The van der Waals surface area contributed by atoms with Crippen LogP contribution in [-0.2, 0) is 4.79 Å². The van der Waals surface area contributed by atoms with E-state index in [0.717, 1.165) is 16.3 Å². The Balaban J connectivity index is 1.45. The third-order valence-corrected chi connectivity index (χ3v) is 6.03. The van der Waals surface area contributed by atoms with Crippen molar-refractivity contribution in [2.24, 2.45) is 0 Å². The van der Waals surface area contributed by atoms with Crippen LogP contribution >= 0.6 is 11.8 Å². The minimum Gasteiger partial charge on any atom is -0.322 e. The fourth-order valence-corrected chi connectivity index (χ4v) is 4.23. The number of nitrogens with one attached hydrogen (secondary N) is 1. The molecule has 0 spiro atoms. The summed E-state index contributed by atoms with van der Waals surface area (Å²) in [5.41, 5.74) is 2.13. The molecule has 0 radical (unpaired) electrons. The van der Waals surface area contributed by atoms with Crippen LogP contribution in [0.15, 0.2) is 114 Å². The maximum absolute atomic E-state index is 13.2. The lowest BCUT2D eigenvalue weighted by Crippen LogP contribution is -2.27. The van der Waals surface area contributed by atoms with E-state index in [0.29, 0.717) is 5.69 Å². The minimum absolute atomic E-state index is 0.0848. The SMILES string of the molecule is O=C(Nc1cccc(SCC(=O)N(c2ccccc2)c2ccccc2)c1)c1cccc([N+](=O)[O-])c1. The molecule has 0 fully saturated rings. The van der Waals surface area contributed by atoms with Gasteiger partial charge in [0, 0.05) is 39.7 Å². The number of carbonyl (C=O) groups is 2. The lowest BCUT2D eigenvalue weighted by Gasteiger charge is -2.23. The normalized spacial score (nSPS) is 10.4. The largest absolute Gasteiger partial charge is 0.322 e. The van der Waals surface area contributed by atoms with Gasteiger partial charge in [0.25, 0.3) is 11.6 Å². The highest BCUT2D eigenvalue weighted by molar-refractivity contribution is 8.00. The van der Waals surface area contributed by atoms with Crippen LogP contribution in [0.3, 0.4) is 0 Å². The number of hydrogen-bond donors (Lipinski definition) is 1. The van der Waals surface area contributed by atoms with Crippen LogP contribution in [0.1, 0.15) is 10.4 Å². The molecule has 0 aromatic heterocycles. The summed E-state index contributed by atoms with van der Waals surface area (Å²) in [5, 5.41) is 13.7. The summed E-state index contributed by atoms with van der Waals surface area (Å²) in [6.07, 6.45) is 0. The zero-order valence-electron chi connectivity index (χ0n) is 18.5. The molecule has 0 aliphatic rings. The second kappa shape index (κ2) is 11.1. The Morgan fingerprint density at radius 3 is 2.06 bits per heavy atom. The van der Waals surface area contributed by atoms with E-state index in [1.165, 1.54) is 36.0 Å². The van der Waals surface area contributed by atoms with Crippen LogP contribution in [0, 0.1) is 10.1 Å². The average molecular weight is 484 g/mol. The topological polar surface area (TPSA) is 92.6 Å². The summed E-state index contributed by atoms with van der Waals surface area (Å²) >= 11 is 1.36. The number of hydrogen-bond acceptors (Lipinski definition) is 5. The average Bonchev–Trinajstić information content (AvgIpc) is 2.89. The first kappa shape index (κ1) is 23.7. The zero-order valence-corrected chi connectivity index (χ0v) is 19.4. The number of nitrogens with zero attached hydrogens (tertiary/aromatic N) is 2. The fraction of sp³-hybridized carbons (Fsp3) is 0.0370. The van der Waals surface area contributed by atoms with Gasteiger partial charge in [-0.3, -0.25) is 24.6 Å². The van der Waals surface area contributed by atoms with Gasteiger partial charge < -0.3 is 5.32 Å². The minimum atomic E-state index is -0.542. The fourth-order valence-electron chi connectivity index (χ4n) is 3.43. The number of nitro groups is 1. The summed E-state index contributed by atoms with van der Waals surface area (Å²) in [6.45, 7) is 0. The second-order valence-electron chi connectivity index (χ2n) is 7.48. The molecule has 0 aliphatic carbocycles. The molecule has 174 valence electrons. The van der Waals surface area contributed by atoms with Crippen molar-refractivity contribution in [3.63, 3.8) is 0 Å². The smallest absolute Gasteiger partial charge is 0.270 e. The number of thioether (sulfide) groups is 1. The Labute approximate surface area is 206 Å². The van der Waals surface area contributed by atoms with Gasteiger partial charge in [-0.25, -0.2) is 0 Å². The molecule has 4 aromatic rings. The Hall–Kier alpha value is -4.43. The van der Waals surface area contributed by atoms with E-state index in [4.69, 9.17) is 0 Å². The van der Waals surface area contributed by atoms with E-state index in [9.17, 15) is 19.7 Å². The molecular formula is C27H21N3O4S. The molecule has 2 amide bonds. The van der Waals surface area contributed by atoms with E-state index in [2.05, 4.69) is 5.32 Å². The van der Waals surface area contributed by atoms with Crippen molar-refractivity contribution >= 4 is 46.3 Å². The molecule has 4 aromatic carbocycles. The van der Waals surface area contributed by atoms with Gasteiger partial charge >= 0.3 is 0 Å². The number of benzene rings is 4. The Bertz CT molecular complexity index is 1310. The van der Waals surface area contributed by atoms with Crippen LogP contribution in [0.25, 0.3) is 0 Å². The molecule has 1 N–H and O–H groups in total. The standard InChI is InChI=1S/C27H21N3O4S/c31-26(29(22-11-3-1-4-12-22)23-13-5-2-6-14-23)19-35-25-16-8-10-21(18-25)28-27(32)20-9-7-15-24(17-20)30(33)34/h1-18H,19H2,(H,28,32). The number of anilines is 3. The lowest BCUT2D eigenvalue weighted by molar-refractivity contribution is -0.384. The highest BCUT2D eigenvalue weighted by Crippen LogP contribution is 2.28. The van der Waals surface area contributed by atoms with Gasteiger partial charge in [0.15, 0.2) is 0 Å². The van der Waals surface area contributed by atoms with Gasteiger partial charge in [-0.05, 0) is 48.5 Å². The van der Waals surface area contributed by atoms with E-state index < -0.39 is 10.8 Å². The highest BCUT2D eigenvalue weighted by Gasteiger charge is 2.18. The van der Waals surface area contributed by atoms with E-state index in [-0.39, 0.29) is 22.9 Å². The van der Waals surface area contributed by atoms with Gasteiger partial charge in [0.1, 0.15) is 0 Å². The molecule has 0 unspecified atom stereocenters. The predicted molar refractivity (Wildman–Crippen MR) is 138 cm³/mol. The van der Waals surface area contributed by atoms with Gasteiger partial charge in [0.05, 0.1) is 10.7 Å². The van der Waals surface area contributed by atoms with Crippen molar-refractivity contribution in [2.75, 3.05) is 16.0 Å². The summed E-state index contributed by atoms with van der Waals surface area (Å²) in [4.78, 5) is 38.7. The molecule has 0 bridgehead atoms. The van der Waals surface area contributed by atoms with Gasteiger partial charge in [-0.15, -0.1) is 11.8 Å². The first-order chi connectivity index (χ1) is 17.0. The van der Waals surface area contributed by atoms with Crippen LogP contribution in [0.2, 0.25) is 0 Å². The Morgan fingerprint density at radius 2 is 1.43 bits per heavy atom. The molecule has 7 nitrogen and oxygen atoms in total. The quantitative estimate of drug-likeness (QED) is 0.180. The Kier molecular flexibility index (Phi) is 7.54. The molecular weight excluding hydrogens is 462 g/mol. The monoisotopic (exact) mass is 483 g/mol. The number of amides is 2. The van der Waals surface area contributed by atoms with E-state index in [1.807, 2.05) is 66.7 Å². The van der Waals surface area contributed by atoms with Crippen molar-refractivity contribution in [2.45, 2.75) is 4.90 Å². The zero-order chi connectivity index (χ0) is 24.6. The summed E-state index contributed by atoms with van der Waals surface area (Å²) in [7, 11) is 0. The summed E-state index contributed by atoms with van der Waals surface area (Å²) in [6, 6.07) is 31.6. The molecule has 0 aliphatic heterocycles. The van der Waals surface area contributed by atoms with Crippen LogP contribution in [-0.4, -0.2) is 22.5 Å². The van der Waals surface area contributed by atoms with Gasteiger partial charge in [-0.1, -0.05) is 48.5 Å². The molecule has 0 heterocycles. The third-order valence-electron chi connectivity index (χ3n) is 5.05. The number of para-hydroxylation sites is 2. The molecule has 0 saturated carbocycles. The first-order valence-electron chi connectivity index (χ1n) is 10.7. The van der Waals surface area contributed by atoms with E-state index >= 15 is 0 Å². The molecule has 0 saturated heterocycles. The molecule has 35 heavy (non-hydrogen) atoms. The van der Waals surface area contributed by atoms with Crippen molar-refractivity contribution in [1.82, 2.24) is 0 Å². The number of non-ortho nitro benzene ring substituents is 1.